The SMILES string of the molecule is Cc1ccc(S(=O)(=O)N[C@H](CO)[C@@H](Nc2ccccc2)c2ccccc2)cc1. The molecule has 146 valence electrons. The second kappa shape index (κ2) is 9.01. The molecule has 3 rings (SSSR count). The predicted octanol–water partition coefficient (Wildman–Crippen LogP) is 3.49. The highest BCUT2D eigenvalue weighted by Crippen LogP contribution is 2.24. The molecule has 0 bridgehead atoms. The highest BCUT2D eigenvalue weighted by Gasteiger charge is 2.28. The van der Waals surface area contributed by atoms with Crippen LogP contribution in [0.4, 0.5) is 5.69 Å². The third-order valence-electron chi connectivity index (χ3n) is 4.49. The summed E-state index contributed by atoms with van der Waals surface area (Å²) in [7, 11) is -3.78. The summed E-state index contributed by atoms with van der Waals surface area (Å²) in [6.45, 7) is 1.54. The highest BCUT2D eigenvalue weighted by atomic mass is 32.2. The van der Waals surface area contributed by atoms with Gasteiger partial charge >= 0.3 is 0 Å². The molecule has 0 amide bonds. The molecule has 0 aliphatic rings. The Kier molecular flexibility index (Phi) is 6.46. The van der Waals surface area contributed by atoms with Crippen LogP contribution in [0.3, 0.4) is 0 Å². The summed E-state index contributed by atoms with van der Waals surface area (Å²) in [5.74, 6) is 0. The van der Waals surface area contributed by atoms with Crippen molar-refractivity contribution in [2.45, 2.75) is 23.9 Å². The first-order chi connectivity index (χ1) is 13.5. The van der Waals surface area contributed by atoms with E-state index in [1.54, 1.807) is 24.3 Å². The zero-order valence-electron chi connectivity index (χ0n) is 15.6. The van der Waals surface area contributed by atoms with E-state index in [1.807, 2.05) is 67.6 Å². The molecule has 5 nitrogen and oxygen atoms in total. The Morgan fingerprint density at radius 1 is 0.857 bits per heavy atom. The van der Waals surface area contributed by atoms with Crippen LogP contribution in [0.15, 0.2) is 89.8 Å². The van der Waals surface area contributed by atoms with Crippen LogP contribution in [0.1, 0.15) is 17.2 Å². The molecule has 0 unspecified atom stereocenters. The van der Waals surface area contributed by atoms with Crippen LogP contribution in [0.5, 0.6) is 0 Å². The van der Waals surface area contributed by atoms with E-state index in [2.05, 4.69) is 10.0 Å². The Labute approximate surface area is 166 Å². The van der Waals surface area contributed by atoms with Crippen LogP contribution in [0, 0.1) is 6.92 Å². The summed E-state index contributed by atoms with van der Waals surface area (Å²) < 4.78 is 28.4. The number of sulfonamides is 1. The van der Waals surface area contributed by atoms with Crippen LogP contribution in [-0.2, 0) is 10.0 Å². The lowest BCUT2D eigenvalue weighted by Gasteiger charge is -2.28. The monoisotopic (exact) mass is 396 g/mol. The zero-order chi connectivity index (χ0) is 20.0. The molecule has 0 aromatic heterocycles. The number of aliphatic hydroxyl groups excluding tert-OH is 1. The van der Waals surface area contributed by atoms with E-state index in [0.717, 1.165) is 16.8 Å². The summed E-state index contributed by atoms with van der Waals surface area (Å²) in [6, 6.07) is 24.4. The molecule has 0 saturated heterocycles. The van der Waals surface area contributed by atoms with Gasteiger partial charge in [0.05, 0.1) is 23.6 Å². The van der Waals surface area contributed by atoms with Crippen LogP contribution in [-0.4, -0.2) is 26.2 Å². The number of nitrogens with one attached hydrogen (secondary N) is 2. The predicted molar refractivity (Wildman–Crippen MR) is 112 cm³/mol. The Morgan fingerprint density at radius 3 is 2.00 bits per heavy atom. The number of para-hydroxylation sites is 1. The molecule has 0 heterocycles. The lowest BCUT2D eigenvalue weighted by atomic mass is 10.00. The summed E-state index contributed by atoms with van der Waals surface area (Å²) in [4.78, 5) is 0.170. The number of aryl methyl sites for hydroxylation is 1. The molecule has 0 spiro atoms. The number of hydrogen-bond donors (Lipinski definition) is 3. The van der Waals surface area contributed by atoms with E-state index in [9.17, 15) is 13.5 Å². The van der Waals surface area contributed by atoms with Gasteiger partial charge in [0.25, 0.3) is 0 Å². The van der Waals surface area contributed by atoms with Crippen molar-refractivity contribution in [2.75, 3.05) is 11.9 Å². The number of rotatable bonds is 8. The molecule has 3 N–H and O–H groups in total. The van der Waals surface area contributed by atoms with Gasteiger partial charge in [-0.15, -0.1) is 0 Å². The summed E-state index contributed by atoms with van der Waals surface area (Å²) in [5, 5.41) is 13.4. The molecular formula is C22H24N2O3S. The van der Waals surface area contributed by atoms with E-state index in [0.29, 0.717) is 0 Å². The third-order valence-corrected chi connectivity index (χ3v) is 6.00. The van der Waals surface area contributed by atoms with Gasteiger partial charge in [0.1, 0.15) is 0 Å². The molecule has 3 aromatic rings. The molecule has 0 aliphatic heterocycles. The van der Waals surface area contributed by atoms with E-state index in [1.165, 1.54) is 0 Å². The first-order valence-electron chi connectivity index (χ1n) is 9.06. The molecule has 2 atom stereocenters. The van der Waals surface area contributed by atoms with E-state index >= 15 is 0 Å². The fourth-order valence-electron chi connectivity index (χ4n) is 2.99. The summed E-state index contributed by atoms with van der Waals surface area (Å²) in [6.07, 6.45) is 0. The zero-order valence-corrected chi connectivity index (χ0v) is 16.4. The maximum Gasteiger partial charge on any atom is 0.240 e. The Balaban J connectivity index is 1.91. The second-order valence-corrected chi connectivity index (χ2v) is 8.34. The van der Waals surface area contributed by atoms with Gasteiger partial charge in [0, 0.05) is 5.69 Å². The van der Waals surface area contributed by atoms with E-state index < -0.39 is 22.1 Å². The van der Waals surface area contributed by atoms with E-state index in [4.69, 9.17) is 0 Å². The summed E-state index contributed by atoms with van der Waals surface area (Å²) >= 11 is 0. The van der Waals surface area contributed by atoms with Crippen molar-refractivity contribution >= 4 is 15.7 Å². The molecule has 28 heavy (non-hydrogen) atoms. The Bertz CT molecular complexity index is 975. The molecular weight excluding hydrogens is 372 g/mol. The van der Waals surface area contributed by atoms with Crippen molar-refractivity contribution in [3.63, 3.8) is 0 Å². The minimum atomic E-state index is -3.78. The average molecular weight is 397 g/mol. The second-order valence-electron chi connectivity index (χ2n) is 6.62. The average Bonchev–Trinajstić information content (AvgIpc) is 2.72. The lowest BCUT2D eigenvalue weighted by molar-refractivity contribution is 0.244. The van der Waals surface area contributed by atoms with Gasteiger partial charge in [-0.2, -0.15) is 0 Å². The van der Waals surface area contributed by atoms with Gasteiger partial charge in [-0.25, -0.2) is 13.1 Å². The van der Waals surface area contributed by atoms with Crippen molar-refractivity contribution in [2.24, 2.45) is 0 Å². The molecule has 0 aliphatic carbocycles. The van der Waals surface area contributed by atoms with Crippen molar-refractivity contribution in [3.05, 3.63) is 96.1 Å². The minimum absolute atomic E-state index is 0.170. The maximum absolute atomic E-state index is 12.9. The molecule has 0 radical (unpaired) electrons. The lowest BCUT2D eigenvalue weighted by Crippen LogP contribution is -2.44. The van der Waals surface area contributed by atoms with Gasteiger partial charge in [0.15, 0.2) is 0 Å². The highest BCUT2D eigenvalue weighted by molar-refractivity contribution is 7.89. The molecule has 6 heteroatoms. The van der Waals surface area contributed by atoms with Gasteiger partial charge in [0.2, 0.25) is 10.0 Å². The Morgan fingerprint density at radius 2 is 1.43 bits per heavy atom. The third kappa shape index (κ3) is 4.98. The fraction of sp³-hybridized carbons (Fsp3) is 0.182. The number of aliphatic hydroxyl groups is 1. The largest absolute Gasteiger partial charge is 0.395 e. The van der Waals surface area contributed by atoms with Crippen LogP contribution >= 0.6 is 0 Å². The number of benzene rings is 3. The quantitative estimate of drug-likeness (QED) is 0.545. The van der Waals surface area contributed by atoms with Crippen molar-refractivity contribution in [1.29, 1.82) is 0 Å². The van der Waals surface area contributed by atoms with Crippen LogP contribution in [0.2, 0.25) is 0 Å². The van der Waals surface area contributed by atoms with Gasteiger partial charge in [-0.3, -0.25) is 0 Å². The van der Waals surface area contributed by atoms with Crippen LogP contribution in [0.25, 0.3) is 0 Å². The normalized spacial score (nSPS) is 13.6. The van der Waals surface area contributed by atoms with Crippen molar-refractivity contribution < 1.29 is 13.5 Å². The molecule has 0 fully saturated rings. The molecule has 3 aromatic carbocycles. The van der Waals surface area contributed by atoms with Crippen LogP contribution < -0.4 is 10.0 Å². The van der Waals surface area contributed by atoms with Crippen molar-refractivity contribution in [1.82, 2.24) is 4.72 Å². The maximum atomic E-state index is 12.9. The van der Waals surface area contributed by atoms with Gasteiger partial charge < -0.3 is 10.4 Å². The fourth-order valence-corrected chi connectivity index (χ4v) is 4.23. The van der Waals surface area contributed by atoms with E-state index in [-0.39, 0.29) is 11.5 Å². The topological polar surface area (TPSA) is 78.4 Å². The summed E-state index contributed by atoms with van der Waals surface area (Å²) in [5.41, 5.74) is 2.69. The first-order valence-corrected chi connectivity index (χ1v) is 10.5. The van der Waals surface area contributed by atoms with Gasteiger partial charge in [-0.05, 0) is 36.8 Å². The number of hydrogen-bond acceptors (Lipinski definition) is 4. The minimum Gasteiger partial charge on any atom is -0.395 e. The smallest absolute Gasteiger partial charge is 0.240 e. The van der Waals surface area contributed by atoms with Gasteiger partial charge in [-0.1, -0.05) is 66.2 Å². The standard InChI is InChI=1S/C22H24N2O3S/c1-17-12-14-20(15-13-17)28(26,27)24-21(16-25)22(18-8-4-2-5-9-18)23-19-10-6-3-7-11-19/h2-15,21-25H,16H2,1H3/t21-,22+/m1/s1. The number of anilines is 1. The Hall–Kier alpha value is -2.67. The van der Waals surface area contributed by atoms with Crippen molar-refractivity contribution in [3.8, 4) is 0 Å². The first kappa shape index (κ1) is 20.1. The molecule has 0 saturated carbocycles.